The molecule has 0 aliphatic heterocycles. The van der Waals surface area contributed by atoms with Crippen molar-refractivity contribution in [2.45, 2.75) is 5.41 Å². The van der Waals surface area contributed by atoms with Crippen molar-refractivity contribution in [3.8, 4) is 22.6 Å². The van der Waals surface area contributed by atoms with Gasteiger partial charge in [-0.25, -0.2) is 4.39 Å². The molecule has 0 aromatic heterocycles. The van der Waals surface area contributed by atoms with Gasteiger partial charge < -0.3 is 10.2 Å². The number of benzene rings is 4. The summed E-state index contributed by atoms with van der Waals surface area (Å²) in [5.41, 5.74) is 5.20. The largest absolute Gasteiger partial charge is 0.508 e. The van der Waals surface area contributed by atoms with E-state index in [4.69, 9.17) is 0 Å². The van der Waals surface area contributed by atoms with Crippen LogP contribution in [0.15, 0.2) is 91.0 Å². The Kier molecular flexibility index (Phi) is 3.53. The summed E-state index contributed by atoms with van der Waals surface area (Å²) in [6.45, 7) is 0. The number of rotatable bonds is 2. The van der Waals surface area contributed by atoms with Crippen molar-refractivity contribution in [3.63, 3.8) is 0 Å². The molecule has 0 unspecified atom stereocenters. The quantitative estimate of drug-likeness (QED) is 0.426. The Labute approximate surface area is 162 Å². The zero-order valence-electron chi connectivity index (χ0n) is 14.9. The van der Waals surface area contributed by atoms with E-state index in [9.17, 15) is 14.6 Å². The van der Waals surface area contributed by atoms with Gasteiger partial charge in [-0.2, -0.15) is 0 Å². The topological polar surface area (TPSA) is 40.5 Å². The number of halogens is 1. The third kappa shape index (κ3) is 2.13. The Balaban J connectivity index is 1.95. The summed E-state index contributed by atoms with van der Waals surface area (Å²) >= 11 is 0. The molecular formula is C25H17FO2. The number of phenols is 2. The Bertz CT molecular complexity index is 1150. The Morgan fingerprint density at radius 2 is 1.14 bits per heavy atom. The van der Waals surface area contributed by atoms with Crippen LogP contribution in [0.4, 0.5) is 4.39 Å². The van der Waals surface area contributed by atoms with Gasteiger partial charge in [0, 0.05) is 0 Å². The second-order valence-corrected chi connectivity index (χ2v) is 7.05. The highest BCUT2D eigenvalue weighted by Gasteiger charge is 2.46. The third-order valence-corrected chi connectivity index (χ3v) is 5.63. The fourth-order valence-corrected chi connectivity index (χ4v) is 4.48. The first-order valence-corrected chi connectivity index (χ1v) is 9.10. The van der Waals surface area contributed by atoms with E-state index >= 15 is 0 Å². The lowest BCUT2D eigenvalue weighted by Crippen LogP contribution is -2.28. The minimum Gasteiger partial charge on any atom is -0.508 e. The van der Waals surface area contributed by atoms with Crippen LogP contribution in [0.3, 0.4) is 0 Å². The molecule has 4 aromatic carbocycles. The van der Waals surface area contributed by atoms with Gasteiger partial charge in [0.05, 0.1) is 5.41 Å². The van der Waals surface area contributed by atoms with Gasteiger partial charge in [0.2, 0.25) is 0 Å². The first kappa shape index (κ1) is 16.6. The van der Waals surface area contributed by atoms with Gasteiger partial charge in [0.25, 0.3) is 0 Å². The highest BCUT2D eigenvalue weighted by atomic mass is 19.1. The molecule has 0 saturated carbocycles. The SMILES string of the molecule is Oc1ccc(C2(c3ccc(O)c(F)c3)c3ccccc3-c3ccccc32)cc1. The third-order valence-electron chi connectivity index (χ3n) is 5.63. The van der Waals surface area contributed by atoms with Crippen LogP contribution < -0.4 is 0 Å². The van der Waals surface area contributed by atoms with E-state index in [0.717, 1.165) is 33.4 Å². The fourth-order valence-electron chi connectivity index (χ4n) is 4.48. The zero-order chi connectivity index (χ0) is 19.3. The summed E-state index contributed by atoms with van der Waals surface area (Å²) in [6, 6.07) is 27.9. The van der Waals surface area contributed by atoms with Gasteiger partial charge in [0.15, 0.2) is 11.6 Å². The van der Waals surface area contributed by atoms with Crippen LogP contribution in [0, 0.1) is 5.82 Å². The van der Waals surface area contributed by atoms with Crippen molar-refractivity contribution in [1.82, 2.24) is 0 Å². The number of aromatic hydroxyl groups is 2. The van der Waals surface area contributed by atoms with E-state index in [2.05, 4.69) is 24.3 Å². The average Bonchev–Trinajstić information content (AvgIpc) is 3.02. The molecule has 0 amide bonds. The van der Waals surface area contributed by atoms with Crippen molar-refractivity contribution >= 4 is 0 Å². The molecule has 4 aromatic rings. The summed E-state index contributed by atoms with van der Waals surface area (Å²) in [5, 5.41) is 19.6. The van der Waals surface area contributed by atoms with Gasteiger partial charge in [-0.15, -0.1) is 0 Å². The summed E-state index contributed by atoms with van der Waals surface area (Å²) in [5.74, 6) is -0.850. The molecule has 28 heavy (non-hydrogen) atoms. The standard InChI is InChI=1S/C25H17FO2/c26-23-15-17(11-14-24(23)28)25(16-9-12-18(27)13-10-16)21-7-3-1-5-19(21)20-6-2-4-8-22(20)25/h1-15,27-28H. The molecule has 0 heterocycles. The predicted molar refractivity (Wildman–Crippen MR) is 107 cm³/mol. The second-order valence-electron chi connectivity index (χ2n) is 7.05. The zero-order valence-corrected chi connectivity index (χ0v) is 14.9. The van der Waals surface area contributed by atoms with E-state index in [1.54, 1.807) is 18.2 Å². The van der Waals surface area contributed by atoms with Gasteiger partial charge in [-0.1, -0.05) is 66.7 Å². The van der Waals surface area contributed by atoms with Gasteiger partial charge >= 0.3 is 0 Å². The molecule has 0 bridgehead atoms. The predicted octanol–water partition coefficient (Wildman–Crippen LogP) is 5.60. The minimum atomic E-state index is -0.741. The molecule has 2 N–H and O–H groups in total. The maximum atomic E-state index is 14.4. The Morgan fingerprint density at radius 3 is 1.71 bits per heavy atom. The summed E-state index contributed by atoms with van der Waals surface area (Å²) < 4.78 is 14.4. The molecule has 3 heteroatoms. The van der Waals surface area contributed by atoms with Crippen molar-refractivity contribution in [2.24, 2.45) is 0 Å². The normalized spacial score (nSPS) is 13.8. The van der Waals surface area contributed by atoms with Gasteiger partial charge in [-0.3, -0.25) is 0 Å². The van der Waals surface area contributed by atoms with Crippen LogP contribution in [0.2, 0.25) is 0 Å². The monoisotopic (exact) mass is 368 g/mol. The summed E-state index contributed by atoms with van der Waals surface area (Å²) in [6.07, 6.45) is 0. The average molecular weight is 368 g/mol. The highest BCUT2D eigenvalue weighted by Crippen LogP contribution is 2.56. The van der Waals surface area contributed by atoms with Gasteiger partial charge in [-0.05, 0) is 57.6 Å². The van der Waals surface area contributed by atoms with E-state index < -0.39 is 11.2 Å². The van der Waals surface area contributed by atoms with Crippen molar-refractivity contribution in [1.29, 1.82) is 0 Å². The van der Waals surface area contributed by atoms with E-state index in [-0.39, 0.29) is 11.5 Å². The van der Waals surface area contributed by atoms with E-state index in [1.165, 1.54) is 12.1 Å². The highest BCUT2D eigenvalue weighted by molar-refractivity contribution is 5.86. The van der Waals surface area contributed by atoms with E-state index in [1.807, 2.05) is 36.4 Å². The fraction of sp³-hybridized carbons (Fsp3) is 0.0400. The maximum Gasteiger partial charge on any atom is 0.165 e. The second kappa shape index (κ2) is 5.96. The molecule has 1 aliphatic rings. The smallest absolute Gasteiger partial charge is 0.165 e. The molecule has 0 fully saturated rings. The molecule has 136 valence electrons. The van der Waals surface area contributed by atoms with Crippen LogP contribution in [-0.4, -0.2) is 10.2 Å². The molecule has 1 aliphatic carbocycles. The van der Waals surface area contributed by atoms with Crippen LogP contribution in [0.1, 0.15) is 22.3 Å². The van der Waals surface area contributed by atoms with Crippen LogP contribution in [0.5, 0.6) is 11.5 Å². The van der Waals surface area contributed by atoms with Crippen LogP contribution in [-0.2, 0) is 5.41 Å². The molecule has 0 radical (unpaired) electrons. The molecule has 0 atom stereocenters. The minimum absolute atomic E-state index is 0.176. The molecule has 0 saturated heterocycles. The van der Waals surface area contributed by atoms with Gasteiger partial charge in [0.1, 0.15) is 5.75 Å². The molecule has 5 rings (SSSR count). The summed E-state index contributed by atoms with van der Waals surface area (Å²) in [7, 11) is 0. The Hall–Kier alpha value is -3.59. The number of hydrogen-bond donors (Lipinski definition) is 2. The van der Waals surface area contributed by atoms with Crippen molar-refractivity contribution < 1.29 is 14.6 Å². The number of hydrogen-bond acceptors (Lipinski definition) is 2. The lowest BCUT2D eigenvalue weighted by Gasteiger charge is -2.33. The molecule has 0 spiro atoms. The van der Waals surface area contributed by atoms with Crippen molar-refractivity contribution in [2.75, 3.05) is 0 Å². The van der Waals surface area contributed by atoms with E-state index in [0.29, 0.717) is 0 Å². The number of phenolic OH excluding ortho intramolecular Hbond substituents is 2. The first-order valence-electron chi connectivity index (χ1n) is 9.10. The lowest BCUT2D eigenvalue weighted by molar-refractivity contribution is 0.431. The number of fused-ring (bicyclic) bond motifs is 3. The maximum absolute atomic E-state index is 14.4. The summed E-state index contributed by atoms with van der Waals surface area (Å²) in [4.78, 5) is 0. The Morgan fingerprint density at radius 1 is 0.607 bits per heavy atom. The molecular weight excluding hydrogens is 351 g/mol. The van der Waals surface area contributed by atoms with Crippen molar-refractivity contribution in [3.05, 3.63) is 119 Å². The van der Waals surface area contributed by atoms with Crippen LogP contribution >= 0.6 is 0 Å². The molecule has 2 nitrogen and oxygen atoms in total. The van der Waals surface area contributed by atoms with Crippen LogP contribution in [0.25, 0.3) is 11.1 Å². The lowest BCUT2D eigenvalue weighted by atomic mass is 9.67. The first-order chi connectivity index (χ1) is 13.6.